The highest BCUT2D eigenvalue weighted by Crippen LogP contribution is 2.47. The molecule has 2 aliphatic heterocycles. The highest BCUT2D eigenvalue weighted by atomic mass is 19.4. The molecular weight excluding hydrogens is 1210 g/mol. The number of rotatable bonds is 34. The number of halogens is 20. The molecule has 38 heteroatoms. The smallest absolute Gasteiger partial charge is 0.389 e. The molecule has 0 aromatic heterocycles. The van der Waals surface area contributed by atoms with Crippen LogP contribution in [0.1, 0.15) is 80.1 Å². The second-order valence-electron chi connectivity index (χ2n) is 21.5. The van der Waals surface area contributed by atoms with E-state index >= 15 is 0 Å². The van der Waals surface area contributed by atoms with Gasteiger partial charge in [0.05, 0.1) is 65.1 Å². The summed E-state index contributed by atoms with van der Waals surface area (Å²) in [5.41, 5.74) is 13.2. The van der Waals surface area contributed by atoms with E-state index < -0.39 is 90.0 Å². The van der Waals surface area contributed by atoms with Crippen LogP contribution in [0.25, 0.3) is 0 Å². The maximum Gasteiger partial charge on any atom is 0.492 e. The summed E-state index contributed by atoms with van der Waals surface area (Å²) in [6, 6.07) is 0.499. The van der Waals surface area contributed by atoms with Crippen LogP contribution in [0.5, 0.6) is 0 Å². The minimum atomic E-state index is -6.04. The maximum absolute atomic E-state index is 12.0. The van der Waals surface area contributed by atoms with Crippen LogP contribution in [0.4, 0.5) is 88.1 Å². The third-order valence-electron chi connectivity index (χ3n) is 11.3. The van der Waals surface area contributed by atoms with E-state index in [4.69, 9.17) is 30.4 Å². The van der Waals surface area contributed by atoms with E-state index in [0.717, 1.165) is 64.8 Å². The van der Waals surface area contributed by atoms with Gasteiger partial charge in [-0.1, -0.05) is 41.5 Å². The molecule has 18 nitrogen and oxygen atoms in total. The van der Waals surface area contributed by atoms with Gasteiger partial charge in [-0.3, -0.25) is 9.47 Å². The molecule has 0 aromatic carbocycles. The predicted octanol–water partition coefficient (Wildman–Crippen LogP) is 8.76. The SMILES string of the molecule is CC1(C)CC(N)CC(C)(CNCC(O)COCCF)C1.CC1(C)CC(N)CC(C)(CNCC(O)COCF)C1.FCCOCC1CO1.FCOC(F)(F)OC(F)(F)C(F)(F)OF.FCOC(F)(F)OC(F)(F)C(F)(F)OF.FCOCC1CO1. The molecule has 4 rings (SSSR count). The van der Waals surface area contributed by atoms with Crippen molar-refractivity contribution in [3.05, 3.63) is 0 Å². The molecule has 0 bridgehead atoms. The lowest BCUT2D eigenvalue weighted by Crippen LogP contribution is -2.48. The fraction of sp³-hybridized carbons (Fsp3) is 1.00. The van der Waals surface area contributed by atoms with E-state index in [1.54, 1.807) is 0 Å². The summed E-state index contributed by atoms with van der Waals surface area (Å²) < 4.78 is 270. The average Bonchev–Trinajstić information content (AvgIpc) is 4.34. The Hall–Kier alpha value is -2.12. The van der Waals surface area contributed by atoms with Crippen LogP contribution in [0.15, 0.2) is 0 Å². The number of hydrogen-bond acceptors (Lipinski definition) is 18. The Bertz CT molecular complexity index is 1640. The van der Waals surface area contributed by atoms with Gasteiger partial charge in [-0.05, 0) is 69.2 Å². The number of aliphatic hydroxyl groups excluding tert-OH is 2. The lowest BCUT2D eigenvalue weighted by molar-refractivity contribution is -0.548. The Kier molecular flexibility index (Phi) is 39.8. The first kappa shape index (κ1) is 83.9. The van der Waals surface area contributed by atoms with Gasteiger partial charge in [0.25, 0.3) is 0 Å². The molecule has 0 radical (unpaired) electrons. The van der Waals surface area contributed by atoms with Crippen LogP contribution < -0.4 is 22.1 Å². The standard InChI is InChI=1S/C15H31FN2O2.C14H29FN2O2.C5H9FO2.2C4H2F8O3.C4H7FO2/c1-14(2)6-12(17)7-15(3,10-14)11-18-8-13(19)9-20-5-4-16;1-13(2)4-11(16)5-14(3,8-13)9-17-6-12(18)7-19-10-15;6-1-2-7-3-5-4-8-5;2*5-1-13-4(10,11)14-2(6,7)3(8,9)15-12;5-3-6-1-4-2-7-4/h12-13,18-19H,4-11,17H2,1-3H3;11-12,17-18H,4-10,16H2,1-3H3;5H,1-4H2;2*1H2;4H,1-3H2. The molecule has 8 atom stereocenters. The first-order valence-corrected chi connectivity index (χ1v) is 25.3. The van der Waals surface area contributed by atoms with Gasteiger partial charge in [0.15, 0.2) is 27.4 Å². The summed E-state index contributed by atoms with van der Waals surface area (Å²) in [6.07, 6.45) is -29.1. The van der Waals surface area contributed by atoms with E-state index in [-0.39, 0.29) is 72.4 Å². The van der Waals surface area contributed by atoms with Crippen LogP contribution >= 0.6 is 0 Å². The van der Waals surface area contributed by atoms with E-state index in [0.29, 0.717) is 26.3 Å². The van der Waals surface area contributed by atoms with Crippen LogP contribution in [0.2, 0.25) is 0 Å². The van der Waals surface area contributed by atoms with E-state index in [1.165, 1.54) is 9.88 Å². The molecule has 508 valence electrons. The molecule has 8 N–H and O–H groups in total. The van der Waals surface area contributed by atoms with Crippen LogP contribution in [0.3, 0.4) is 0 Å². The molecule has 2 heterocycles. The van der Waals surface area contributed by atoms with Crippen molar-refractivity contribution < 1.29 is 156 Å². The summed E-state index contributed by atoms with van der Waals surface area (Å²) in [5.74, 6) is 0. The largest absolute Gasteiger partial charge is 0.492 e. The van der Waals surface area contributed by atoms with E-state index in [2.05, 4.69) is 80.6 Å². The maximum atomic E-state index is 12.0. The van der Waals surface area contributed by atoms with Crippen molar-refractivity contribution in [1.29, 1.82) is 0 Å². The van der Waals surface area contributed by atoms with Crippen molar-refractivity contribution in [2.75, 3.05) is 120 Å². The number of nitrogens with one attached hydrogen (secondary N) is 2. The molecule has 8 unspecified atom stereocenters. The van der Waals surface area contributed by atoms with Crippen LogP contribution in [-0.4, -0.2) is 204 Å². The van der Waals surface area contributed by atoms with Crippen LogP contribution in [-0.2, 0) is 57.3 Å². The molecule has 4 aliphatic rings. The molecular formula is C46H80F20N4O14. The van der Waals surface area contributed by atoms with Gasteiger partial charge in [0.1, 0.15) is 25.6 Å². The molecule has 2 saturated heterocycles. The van der Waals surface area contributed by atoms with Gasteiger partial charge in [-0.15, -0.1) is 27.4 Å². The highest BCUT2D eigenvalue weighted by molar-refractivity contribution is 4.95. The molecule has 0 amide bonds. The van der Waals surface area contributed by atoms with E-state index in [9.17, 15) is 98.3 Å². The number of nitrogens with two attached hydrogens (primary N) is 2. The highest BCUT2D eigenvalue weighted by Gasteiger charge is 2.67. The molecule has 4 fully saturated rings. The zero-order chi connectivity index (χ0) is 65.3. The van der Waals surface area contributed by atoms with Crippen molar-refractivity contribution in [3.8, 4) is 0 Å². The van der Waals surface area contributed by atoms with Crippen molar-refractivity contribution in [1.82, 2.24) is 10.6 Å². The molecule has 0 aromatic rings. The van der Waals surface area contributed by atoms with Crippen molar-refractivity contribution in [3.63, 3.8) is 0 Å². The first-order chi connectivity index (χ1) is 38.5. The second-order valence-corrected chi connectivity index (χ2v) is 21.5. The van der Waals surface area contributed by atoms with Gasteiger partial charge in [-0.2, -0.15) is 35.1 Å². The summed E-state index contributed by atoms with van der Waals surface area (Å²) in [7, 11) is 0. The molecule has 2 saturated carbocycles. The Labute approximate surface area is 472 Å². The van der Waals surface area contributed by atoms with Gasteiger partial charge in [0.2, 0.25) is 0 Å². The summed E-state index contributed by atoms with van der Waals surface area (Å²) in [5, 5.41) is 25.8. The monoisotopic (exact) mass is 1290 g/mol. The van der Waals surface area contributed by atoms with E-state index in [1.807, 2.05) is 0 Å². The topological polar surface area (TPSA) is 234 Å². The first-order valence-electron chi connectivity index (χ1n) is 25.3. The Balaban J connectivity index is 0. The molecule has 2 aliphatic carbocycles. The van der Waals surface area contributed by atoms with Gasteiger partial charge in [-0.25, -0.2) is 35.8 Å². The molecule has 84 heavy (non-hydrogen) atoms. The minimum Gasteiger partial charge on any atom is -0.389 e. The fourth-order valence-electron chi connectivity index (χ4n) is 8.82. The van der Waals surface area contributed by atoms with Crippen LogP contribution in [0, 0.1) is 21.7 Å². The van der Waals surface area contributed by atoms with Gasteiger partial charge in [0, 0.05) is 38.3 Å². The van der Waals surface area contributed by atoms with Gasteiger partial charge >= 0.3 is 37.0 Å². The number of epoxide rings is 2. The number of aliphatic hydroxyl groups is 2. The second kappa shape index (κ2) is 39.8. The zero-order valence-electron chi connectivity index (χ0n) is 46.9. The fourth-order valence-corrected chi connectivity index (χ4v) is 8.82. The minimum absolute atomic E-state index is 0.0330. The third-order valence-corrected chi connectivity index (χ3v) is 11.3. The third kappa shape index (κ3) is 39.7. The normalized spacial score (nSPS) is 24.6. The number of hydrogen-bond donors (Lipinski definition) is 6. The summed E-state index contributed by atoms with van der Waals surface area (Å²) >= 11 is 0. The van der Waals surface area contributed by atoms with Crippen molar-refractivity contribution in [2.24, 2.45) is 33.1 Å². The Morgan fingerprint density at radius 3 is 1.13 bits per heavy atom. The predicted molar refractivity (Wildman–Crippen MR) is 252 cm³/mol. The lowest BCUT2D eigenvalue weighted by atomic mass is 9.63. The number of alkyl halides is 18. The zero-order valence-corrected chi connectivity index (χ0v) is 46.9. The Morgan fingerprint density at radius 1 is 0.500 bits per heavy atom. The Morgan fingerprint density at radius 2 is 0.833 bits per heavy atom. The van der Waals surface area contributed by atoms with Crippen molar-refractivity contribution in [2.45, 2.75) is 154 Å². The molecule has 0 spiro atoms. The van der Waals surface area contributed by atoms with Crippen molar-refractivity contribution >= 4 is 0 Å². The average molecular weight is 1290 g/mol. The van der Waals surface area contributed by atoms with Gasteiger partial charge < -0.3 is 60.7 Å². The summed E-state index contributed by atoms with van der Waals surface area (Å²) in [6.45, 7) is 12.0. The summed E-state index contributed by atoms with van der Waals surface area (Å²) in [4.78, 5) is 2.87. The lowest BCUT2D eigenvalue weighted by Gasteiger charge is -2.46. The number of ether oxygens (including phenoxy) is 10. The quantitative estimate of drug-likeness (QED) is 0.0153.